The van der Waals surface area contributed by atoms with Crippen molar-refractivity contribution >= 4 is 16.7 Å². The van der Waals surface area contributed by atoms with Gasteiger partial charge in [0.25, 0.3) is 5.56 Å². The molecule has 1 heterocycles. The van der Waals surface area contributed by atoms with Crippen molar-refractivity contribution in [3.8, 4) is 0 Å². The normalized spacial score (nSPS) is 10.8. The van der Waals surface area contributed by atoms with Gasteiger partial charge in [-0.15, -0.1) is 0 Å². The van der Waals surface area contributed by atoms with E-state index in [1.54, 1.807) is 0 Å². The third kappa shape index (κ3) is 1.67. The van der Waals surface area contributed by atoms with Gasteiger partial charge in [0.05, 0.1) is 5.39 Å². The Bertz CT molecular complexity index is 691. The quantitative estimate of drug-likeness (QED) is 0.820. The molecule has 0 saturated carbocycles. The third-order valence-corrected chi connectivity index (χ3v) is 2.50. The lowest BCUT2D eigenvalue weighted by molar-refractivity contribution is 0.0685. The van der Waals surface area contributed by atoms with Gasteiger partial charge in [-0.05, 0) is 23.6 Å². The van der Waals surface area contributed by atoms with E-state index in [2.05, 4.69) is 0 Å². The van der Waals surface area contributed by atoms with Gasteiger partial charge in [-0.25, -0.2) is 13.6 Å². The maximum Gasteiger partial charge on any atom is 0.352 e. The molecule has 17 heavy (non-hydrogen) atoms. The topological polar surface area (TPSA) is 59.3 Å². The molecule has 1 N–H and O–H groups in total. The lowest BCUT2D eigenvalue weighted by atomic mass is 10.1. The average molecular weight is 239 g/mol. The van der Waals surface area contributed by atoms with Crippen LogP contribution in [0.2, 0.25) is 0 Å². The van der Waals surface area contributed by atoms with E-state index in [1.807, 2.05) is 0 Å². The summed E-state index contributed by atoms with van der Waals surface area (Å²) in [4.78, 5) is 22.6. The molecule has 2 rings (SSSR count). The van der Waals surface area contributed by atoms with Crippen LogP contribution in [0.15, 0.2) is 23.0 Å². The summed E-state index contributed by atoms with van der Waals surface area (Å²) in [5.74, 6) is -3.57. The average Bonchev–Trinajstić information content (AvgIpc) is 2.26. The van der Waals surface area contributed by atoms with E-state index < -0.39 is 23.2 Å². The minimum absolute atomic E-state index is 0.0589. The Morgan fingerprint density at radius 2 is 1.82 bits per heavy atom. The molecule has 0 amide bonds. The largest absolute Gasteiger partial charge is 0.477 e. The van der Waals surface area contributed by atoms with Gasteiger partial charge < -0.3 is 9.67 Å². The molecule has 0 aliphatic carbocycles. The summed E-state index contributed by atoms with van der Waals surface area (Å²) in [6.45, 7) is 0. The Balaban J connectivity index is 2.96. The molecule has 0 fully saturated rings. The number of hydrogen-bond donors (Lipinski definition) is 1. The van der Waals surface area contributed by atoms with Gasteiger partial charge in [-0.1, -0.05) is 0 Å². The van der Waals surface area contributed by atoms with Gasteiger partial charge in [-0.3, -0.25) is 4.79 Å². The zero-order valence-corrected chi connectivity index (χ0v) is 8.70. The molecule has 0 aliphatic heterocycles. The number of carboxylic acid groups (broad SMARTS) is 1. The molecule has 0 bridgehead atoms. The Kier molecular flexibility index (Phi) is 2.42. The van der Waals surface area contributed by atoms with Gasteiger partial charge in [0.15, 0.2) is 11.6 Å². The molecule has 0 unspecified atom stereocenters. The smallest absolute Gasteiger partial charge is 0.352 e. The van der Waals surface area contributed by atoms with Crippen LogP contribution in [0.5, 0.6) is 0 Å². The van der Waals surface area contributed by atoms with Gasteiger partial charge in [0, 0.05) is 7.05 Å². The molecule has 1 aromatic heterocycles. The zero-order valence-electron chi connectivity index (χ0n) is 8.70. The minimum Gasteiger partial charge on any atom is -0.477 e. The van der Waals surface area contributed by atoms with Crippen LogP contribution in [0.4, 0.5) is 8.78 Å². The molecule has 1 aromatic carbocycles. The van der Waals surface area contributed by atoms with Crippen molar-refractivity contribution < 1.29 is 18.7 Å². The number of carbonyl (C=O) groups is 1. The van der Waals surface area contributed by atoms with E-state index >= 15 is 0 Å². The van der Waals surface area contributed by atoms with Gasteiger partial charge >= 0.3 is 5.97 Å². The number of fused-ring (bicyclic) bond motifs is 1. The van der Waals surface area contributed by atoms with Crippen molar-refractivity contribution in [2.45, 2.75) is 0 Å². The first kappa shape index (κ1) is 11.3. The molecular weight excluding hydrogens is 232 g/mol. The Labute approximate surface area is 93.7 Å². The lowest BCUT2D eigenvalue weighted by Crippen LogP contribution is -2.23. The van der Waals surface area contributed by atoms with Gasteiger partial charge in [-0.2, -0.15) is 0 Å². The number of carboxylic acids is 1. The number of halogens is 2. The highest BCUT2D eigenvalue weighted by molar-refractivity contribution is 5.92. The van der Waals surface area contributed by atoms with Crippen molar-refractivity contribution in [2.24, 2.45) is 7.05 Å². The van der Waals surface area contributed by atoms with Crippen LogP contribution in [-0.2, 0) is 7.05 Å². The van der Waals surface area contributed by atoms with Crippen LogP contribution in [0.1, 0.15) is 10.5 Å². The van der Waals surface area contributed by atoms with Crippen molar-refractivity contribution in [1.82, 2.24) is 4.57 Å². The maximum atomic E-state index is 13.0. The predicted molar refractivity (Wildman–Crippen MR) is 56.1 cm³/mol. The number of aromatic carboxylic acids is 1. The van der Waals surface area contributed by atoms with Gasteiger partial charge in [0.1, 0.15) is 5.69 Å². The van der Waals surface area contributed by atoms with E-state index in [1.165, 1.54) is 7.05 Å². The summed E-state index contributed by atoms with van der Waals surface area (Å²) < 4.78 is 26.8. The summed E-state index contributed by atoms with van der Waals surface area (Å²) in [5, 5.41) is 8.85. The minimum atomic E-state index is -1.31. The first-order chi connectivity index (χ1) is 7.91. The molecule has 0 atom stereocenters. The van der Waals surface area contributed by atoms with E-state index in [4.69, 9.17) is 5.11 Å². The molecular formula is C11H7F2NO3. The summed E-state index contributed by atoms with van der Waals surface area (Å²) in [5.41, 5.74) is -0.965. The molecule has 0 spiro atoms. The fourth-order valence-electron chi connectivity index (χ4n) is 1.61. The summed E-state index contributed by atoms with van der Waals surface area (Å²) >= 11 is 0. The van der Waals surface area contributed by atoms with Crippen LogP contribution in [0, 0.1) is 11.6 Å². The van der Waals surface area contributed by atoms with Gasteiger partial charge in [0.2, 0.25) is 0 Å². The maximum absolute atomic E-state index is 13.0. The molecule has 0 saturated heterocycles. The number of aromatic nitrogens is 1. The van der Waals surface area contributed by atoms with E-state index in [0.29, 0.717) is 0 Å². The predicted octanol–water partition coefficient (Wildman–Crippen LogP) is 1.51. The lowest BCUT2D eigenvalue weighted by Gasteiger charge is -2.06. The monoisotopic (exact) mass is 239 g/mol. The Hall–Kier alpha value is -2.24. The summed E-state index contributed by atoms with van der Waals surface area (Å²) in [7, 11) is 1.26. The first-order valence-electron chi connectivity index (χ1n) is 4.64. The highest BCUT2D eigenvalue weighted by Crippen LogP contribution is 2.16. The first-order valence-corrected chi connectivity index (χ1v) is 4.64. The third-order valence-electron chi connectivity index (χ3n) is 2.50. The molecule has 6 heteroatoms. The molecule has 2 aromatic rings. The SMILES string of the molecule is Cn1c(C(=O)O)cc2cc(F)c(F)cc2c1=O. The second-order valence-electron chi connectivity index (χ2n) is 3.55. The van der Waals surface area contributed by atoms with Crippen LogP contribution >= 0.6 is 0 Å². The molecule has 0 radical (unpaired) electrons. The molecule has 0 aliphatic rings. The van der Waals surface area contributed by atoms with Crippen LogP contribution in [0.25, 0.3) is 10.8 Å². The fourth-order valence-corrected chi connectivity index (χ4v) is 1.61. The number of benzene rings is 1. The Morgan fingerprint density at radius 1 is 1.24 bits per heavy atom. The molecule has 88 valence electrons. The van der Waals surface area contributed by atoms with Crippen molar-refractivity contribution in [1.29, 1.82) is 0 Å². The van der Waals surface area contributed by atoms with Crippen molar-refractivity contribution in [3.63, 3.8) is 0 Å². The van der Waals surface area contributed by atoms with Crippen LogP contribution in [-0.4, -0.2) is 15.6 Å². The summed E-state index contributed by atoms with van der Waals surface area (Å²) in [6, 6.07) is 2.69. The highest BCUT2D eigenvalue weighted by Gasteiger charge is 2.14. The fraction of sp³-hybridized carbons (Fsp3) is 0.0909. The summed E-state index contributed by atoms with van der Waals surface area (Å²) in [6.07, 6.45) is 0. The van der Waals surface area contributed by atoms with Crippen molar-refractivity contribution in [3.05, 3.63) is 45.9 Å². The standard InChI is InChI=1S/C11H7F2NO3/c1-14-9(11(16)17)3-5-2-7(12)8(13)4-6(5)10(14)15/h2-4H,1H3,(H,16,17). The van der Waals surface area contributed by atoms with Crippen LogP contribution in [0.3, 0.4) is 0 Å². The molecule has 4 nitrogen and oxygen atoms in total. The second-order valence-corrected chi connectivity index (χ2v) is 3.55. The number of nitrogens with zero attached hydrogens (tertiary/aromatic N) is 1. The second kappa shape index (κ2) is 3.65. The Morgan fingerprint density at radius 3 is 2.41 bits per heavy atom. The van der Waals surface area contributed by atoms with E-state index in [9.17, 15) is 18.4 Å². The number of hydrogen-bond acceptors (Lipinski definition) is 2. The van der Waals surface area contributed by atoms with Crippen molar-refractivity contribution in [2.75, 3.05) is 0 Å². The zero-order chi connectivity index (χ0) is 12.7. The van der Waals surface area contributed by atoms with Crippen LogP contribution < -0.4 is 5.56 Å². The number of pyridine rings is 1. The number of rotatable bonds is 1. The van der Waals surface area contributed by atoms with E-state index in [-0.39, 0.29) is 16.5 Å². The van der Waals surface area contributed by atoms with E-state index in [0.717, 1.165) is 22.8 Å². The highest BCUT2D eigenvalue weighted by atomic mass is 19.2.